The van der Waals surface area contributed by atoms with Gasteiger partial charge in [-0.05, 0) is 47.7 Å². The van der Waals surface area contributed by atoms with Crippen molar-refractivity contribution in [3.05, 3.63) is 64.4 Å². The molecule has 1 unspecified atom stereocenters. The SMILES string of the molecule is CSc1ccc(C(N)c2cc(F)ccc2Cl)cc1. The third-order valence-electron chi connectivity index (χ3n) is 2.77. The standard InChI is InChI=1S/C14H13ClFNS/c1-18-11-5-2-9(3-6-11)14(17)12-8-10(16)4-7-13(12)15/h2-8,14H,17H2,1H3. The Balaban J connectivity index is 2.34. The first-order valence-electron chi connectivity index (χ1n) is 5.46. The van der Waals surface area contributed by atoms with E-state index in [9.17, 15) is 4.39 Å². The van der Waals surface area contributed by atoms with Crippen molar-refractivity contribution < 1.29 is 4.39 Å². The summed E-state index contributed by atoms with van der Waals surface area (Å²) in [6.07, 6.45) is 2.01. The van der Waals surface area contributed by atoms with Crippen LogP contribution in [0.15, 0.2) is 47.4 Å². The highest BCUT2D eigenvalue weighted by atomic mass is 35.5. The van der Waals surface area contributed by atoms with E-state index in [1.807, 2.05) is 30.5 Å². The van der Waals surface area contributed by atoms with Crippen LogP contribution < -0.4 is 5.73 Å². The lowest BCUT2D eigenvalue weighted by atomic mass is 9.99. The molecule has 2 rings (SSSR count). The average molecular weight is 282 g/mol. The Morgan fingerprint density at radius 3 is 2.44 bits per heavy atom. The van der Waals surface area contributed by atoms with Gasteiger partial charge in [-0.1, -0.05) is 23.7 Å². The van der Waals surface area contributed by atoms with E-state index in [0.717, 1.165) is 10.5 Å². The highest BCUT2D eigenvalue weighted by Crippen LogP contribution is 2.28. The van der Waals surface area contributed by atoms with Crippen LogP contribution in [0.3, 0.4) is 0 Å². The van der Waals surface area contributed by atoms with Crippen LogP contribution in [0.2, 0.25) is 5.02 Å². The van der Waals surface area contributed by atoms with Gasteiger partial charge in [-0.15, -0.1) is 11.8 Å². The average Bonchev–Trinajstić information content (AvgIpc) is 2.41. The molecule has 4 heteroatoms. The van der Waals surface area contributed by atoms with Crippen LogP contribution in [0.5, 0.6) is 0 Å². The molecule has 0 aliphatic heterocycles. The zero-order valence-electron chi connectivity index (χ0n) is 9.86. The van der Waals surface area contributed by atoms with Gasteiger partial charge in [0.15, 0.2) is 0 Å². The second-order valence-electron chi connectivity index (χ2n) is 3.92. The summed E-state index contributed by atoms with van der Waals surface area (Å²) in [5.74, 6) is -0.328. The van der Waals surface area contributed by atoms with Crippen molar-refractivity contribution in [2.24, 2.45) is 5.73 Å². The fraction of sp³-hybridized carbons (Fsp3) is 0.143. The molecule has 0 aliphatic carbocycles. The third-order valence-corrected chi connectivity index (χ3v) is 3.86. The van der Waals surface area contributed by atoms with Crippen molar-refractivity contribution in [1.82, 2.24) is 0 Å². The second-order valence-corrected chi connectivity index (χ2v) is 5.20. The maximum absolute atomic E-state index is 13.2. The molecule has 0 heterocycles. The Morgan fingerprint density at radius 1 is 1.17 bits per heavy atom. The summed E-state index contributed by atoms with van der Waals surface area (Å²) in [5, 5.41) is 0.484. The van der Waals surface area contributed by atoms with Gasteiger partial charge in [-0.25, -0.2) is 4.39 Å². The summed E-state index contributed by atoms with van der Waals surface area (Å²) in [6, 6.07) is 11.7. The Morgan fingerprint density at radius 2 is 1.83 bits per heavy atom. The molecule has 18 heavy (non-hydrogen) atoms. The zero-order valence-corrected chi connectivity index (χ0v) is 11.4. The van der Waals surface area contributed by atoms with E-state index in [1.165, 1.54) is 18.2 Å². The zero-order chi connectivity index (χ0) is 13.1. The molecule has 0 bridgehead atoms. The molecule has 2 aromatic carbocycles. The highest BCUT2D eigenvalue weighted by Gasteiger charge is 2.13. The van der Waals surface area contributed by atoms with E-state index in [2.05, 4.69) is 0 Å². The largest absolute Gasteiger partial charge is 0.320 e. The summed E-state index contributed by atoms with van der Waals surface area (Å²) in [7, 11) is 0. The molecule has 94 valence electrons. The van der Waals surface area contributed by atoms with Gasteiger partial charge in [0.1, 0.15) is 5.82 Å². The van der Waals surface area contributed by atoms with Crippen LogP contribution in [-0.4, -0.2) is 6.26 Å². The maximum atomic E-state index is 13.2. The van der Waals surface area contributed by atoms with E-state index >= 15 is 0 Å². The van der Waals surface area contributed by atoms with Gasteiger partial charge in [-0.3, -0.25) is 0 Å². The lowest BCUT2D eigenvalue weighted by molar-refractivity contribution is 0.623. The molecule has 0 radical (unpaired) electrons. The van der Waals surface area contributed by atoms with Crippen molar-refractivity contribution >= 4 is 23.4 Å². The van der Waals surface area contributed by atoms with E-state index in [1.54, 1.807) is 11.8 Å². The van der Waals surface area contributed by atoms with Crippen LogP contribution in [0.25, 0.3) is 0 Å². The quantitative estimate of drug-likeness (QED) is 0.851. The maximum Gasteiger partial charge on any atom is 0.123 e. The first-order chi connectivity index (χ1) is 8.61. The number of hydrogen-bond acceptors (Lipinski definition) is 2. The van der Waals surface area contributed by atoms with E-state index in [4.69, 9.17) is 17.3 Å². The van der Waals surface area contributed by atoms with Crippen LogP contribution in [0, 0.1) is 5.82 Å². The molecule has 0 saturated carbocycles. The molecule has 0 aromatic heterocycles. The fourth-order valence-corrected chi connectivity index (χ4v) is 2.39. The Bertz CT molecular complexity index is 542. The van der Waals surface area contributed by atoms with Gasteiger partial charge >= 0.3 is 0 Å². The van der Waals surface area contributed by atoms with E-state index in [-0.39, 0.29) is 5.82 Å². The van der Waals surface area contributed by atoms with Gasteiger partial charge in [0.2, 0.25) is 0 Å². The van der Waals surface area contributed by atoms with E-state index < -0.39 is 6.04 Å². The second kappa shape index (κ2) is 5.74. The number of thioether (sulfide) groups is 1. The minimum Gasteiger partial charge on any atom is -0.320 e. The van der Waals surface area contributed by atoms with Crippen LogP contribution >= 0.6 is 23.4 Å². The minimum absolute atomic E-state index is 0.328. The van der Waals surface area contributed by atoms with Crippen LogP contribution in [-0.2, 0) is 0 Å². The van der Waals surface area contributed by atoms with Gasteiger partial charge in [0.05, 0.1) is 6.04 Å². The fourth-order valence-electron chi connectivity index (χ4n) is 1.74. The predicted molar refractivity (Wildman–Crippen MR) is 75.7 cm³/mol. The summed E-state index contributed by atoms with van der Waals surface area (Å²) in [6.45, 7) is 0. The van der Waals surface area contributed by atoms with Crippen LogP contribution in [0.4, 0.5) is 4.39 Å². The van der Waals surface area contributed by atoms with Gasteiger partial charge in [0, 0.05) is 9.92 Å². The first kappa shape index (κ1) is 13.4. The summed E-state index contributed by atoms with van der Waals surface area (Å²) in [5.41, 5.74) is 7.64. The monoisotopic (exact) mass is 281 g/mol. The third kappa shape index (κ3) is 2.86. The number of nitrogens with two attached hydrogens (primary N) is 1. The smallest absolute Gasteiger partial charge is 0.123 e. The van der Waals surface area contributed by atoms with Crippen molar-refractivity contribution in [2.75, 3.05) is 6.26 Å². The Labute approximate surface area is 115 Å². The lowest BCUT2D eigenvalue weighted by Gasteiger charge is -2.14. The Kier molecular flexibility index (Phi) is 4.27. The molecule has 0 aliphatic rings. The topological polar surface area (TPSA) is 26.0 Å². The van der Waals surface area contributed by atoms with Gasteiger partial charge < -0.3 is 5.73 Å². The molecular weight excluding hydrogens is 269 g/mol. The summed E-state index contributed by atoms with van der Waals surface area (Å²) < 4.78 is 13.2. The highest BCUT2D eigenvalue weighted by molar-refractivity contribution is 7.98. The number of halogens is 2. The van der Waals surface area contributed by atoms with Crippen LogP contribution in [0.1, 0.15) is 17.2 Å². The summed E-state index contributed by atoms with van der Waals surface area (Å²) in [4.78, 5) is 1.16. The first-order valence-corrected chi connectivity index (χ1v) is 7.06. The molecule has 0 amide bonds. The number of benzene rings is 2. The number of rotatable bonds is 3. The lowest BCUT2D eigenvalue weighted by Crippen LogP contribution is -2.12. The molecule has 2 aromatic rings. The molecular formula is C14H13ClFNS. The van der Waals surface area contributed by atoms with E-state index in [0.29, 0.717) is 10.6 Å². The van der Waals surface area contributed by atoms with Crippen molar-refractivity contribution in [3.63, 3.8) is 0 Å². The molecule has 0 fully saturated rings. The molecule has 0 spiro atoms. The molecule has 1 nitrogen and oxygen atoms in total. The van der Waals surface area contributed by atoms with Crippen molar-refractivity contribution in [1.29, 1.82) is 0 Å². The summed E-state index contributed by atoms with van der Waals surface area (Å²) >= 11 is 7.71. The Hall–Kier alpha value is -1.03. The van der Waals surface area contributed by atoms with Crippen molar-refractivity contribution in [2.45, 2.75) is 10.9 Å². The van der Waals surface area contributed by atoms with Crippen molar-refractivity contribution in [3.8, 4) is 0 Å². The minimum atomic E-state index is -0.413. The van der Waals surface area contributed by atoms with Gasteiger partial charge in [-0.2, -0.15) is 0 Å². The number of hydrogen-bond donors (Lipinski definition) is 1. The molecule has 2 N–H and O–H groups in total. The normalized spacial score (nSPS) is 12.4. The molecule has 1 atom stereocenters. The van der Waals surface area contributed by atoms with Gasteiger partial charge in [0.25, 0.3) is 0 Å². The molecule has 0 saturated heterocycles. The predicted octanol–water partition coefficient (Wildman–Crippen LogP) is 4.25.